The normalized spacial score (nSPS) is 17.9. The van der Waals surface area contributed by atoms with Gasteiger partial charge in [-0.2, -0.15) is 0 Å². The number of furan rings is 1. The first-order valence-electron chi connectivity index (χ1n) is 8.15. The molecule has 1 fully saturated rings. The van der Waals surface area contributed by atoms with Gasteiger partial charge < -0.3 is 24.7 Å². The number of rotatable bonds is 5. The summed E-state index contributed by atoms with van der Waals surface area (Å²) in [5.74, 6) is -0.347. The average molecular weight is 343 g/mol. The van der Waals surface area contributed by atoms with Crippen LogP contribution in [0.1, 0.15) is 20.9 Å². The van der Waals surface area contributed by atoms with E-state index in [1.54, 1.807) is 36.4 Å². The van der Waals surface area contributed by atoms with Crippen molar-refractivity contribution in [1.82, 2.24) is 10.2 Å². The van der Waals surface area contributed by atoms with Gasteiger partial charge in [0, 0.05) is 30.9 Å². The number of benzene rings is 1. The summed E-state index contributed by atoms with van der Waals surface area (Å²) in [7, 11) is 2.03. The van der Waals surface area contributed by atoms with E-state index in [9.17, 15) is 9.59 Å². The fourth-order valence-corrected chi connectivity index (χ4v) is 2.64. The van der Waals surface area contributed by atoms with Crippen molar-refractivity contribution >= 4 is 17.5 Å². The summed E-state index contributed by atoms with van der Waals surface area (Å²) >= 11 is 0. The maximum Gasteiger partial charge on any atom is 0.291 e. The molecular formula is C18H21N3O4. The van der Waals surface area contributed by atoms with Crippen molar-refractivity contribution in [3.8, 4) is 0 Å². The summed E-state index contributed by atoms with van der Waals surface area (Å²) in [5.41, 5.74) is 1.00. The zero-order chi connectivity index (χ0) is 17.6. The Hall–Kier alpha value is -2.64. The van der Waals surface area contributed by atoms with Crippen molar-refractivity contribution in [3.05, 3.63) is 54.0 Å². The first-order valence-corrected chi connectivity index (χ1v) is 8.15. The third-order valence-electron chi connectivity index (χ3n) is 3.96. The topological polar surface area (TPSA) is 83.8 Å². The number of anilines is 1. The molecule has 7 heteroatoms. The highest BCUT2D eigenvalue weighted by Gasteiger charge is 2.18. The number of nitrogens with zero attached hydrogens (tertiary/aromatic N) is 1. The zero-order valence-electron chi connectivity index (χ0n) is 14.0. The van der Waals surface area contributed by atoms with Gasteiger partial charge in [0.2, 0.25) is 0 Å². The van der Waals surface area contributed by atoms with Crippen molar-refractivity contribution in [1.29, 1.82) is 0 Å². The van der Waals surface area contributed by atoms with Gasteiger partial charge >= 0.3 is 0 Å². The third-order valence-corrected chi connectivity index (χ3v) is 3.96. The Morgan fingerprint density at radius 3 is 2.88 bits per heavy atom. The van der Waals surface area contributed by atoms with E-state index in [1.165, 1.54) is 6.26 Å². The van der Waals surface area contributed by atoms with Gasteiger partial charge in [-0.15, -0.1) is 0 Å². The second-order valence-corrected chi connectivity index (χ2v) is 5.98. The van der Waals surface area contributed by atoms with Crippen LogP contribution in [0.4, 0.5) is 5.69 Å². The highest BCUT2D eigenvalue weighted by atomic mass is 16.5. The first-order chi connectivity index (χ1) is 12.1. The maximum atomic E-state index is 12.3. The first kappa shape index (κ1) is 17.2. The summed E-state index contributed by atoms with van der Waals surface area (Å²) in [6, 6.07) is 9.99. The molecule has 0 saturated carbocycles. The summed E-state index contributed by atoms with van der Waals surface area (Å²) in [4.78, 5) is 26.5. The molecule has 3 rings (SSSR count). The fraction of sp³-hybridized carbons (Fsp3) is 0.333. The van der Waals surface area contributed by atoms with Gasteiger partial charge in [-0.05, 0) is 37.4 Å². The minimum Gasteiger partial charge on any atom is -0.459 e. The summed E-state index contributed by atoms with van der Waals surface area (Å²) < 4.78 is 10.7. The number of carbonyl (C=O) groups excluding carboxylic acids is 2. The Labute approximate surface area is 145 Å². The zero-order valence-corrected chi connectivity index (χ0v) is 14.0. The second-order valence-electron chi connectivity index (χ2n) is 5.98. The molecule has 0 aliphatic carbocycles. The van der Waals surface area contributed by atoms with Crippen LogP contribution >= 0.6 is 0 Å². The van der Waals surface area contributed by atoms with Gasteiger partial charge in [0.15, 0.2) is 5.76 Å². The molecule has 1 aliphatic rings. The largest absolute Gasteiger partial charge is 0.459 e. The molecule has 1 unspecified atom stereocenters. The summed E-state index contributed by atoms with van der Waals surface area (Å²) in [5, 5.41) is 5.58. The lowest BCUT2D eigenvalue weighted by Gasteiger charge is -2.30. The highest BCUT2D eigenvalue weighted by molar-refractivity contribution is 6.03. The number of carbonyl (C=O) groups is 2. The van der Waals surface area contributed by atoms with Crippen LogP contribution in [0.3, 0.4) is 0 Å². The van der Waals surface area contributed by atoms with E-state index in [0.717, 1.165) is 13.1 Å². The highest BCUT2D eigenvalue weighted by Crippen LogP contribution is 2.13. The number of nitrogens with one attached hydrogen (secondary N) is 2. The van der Waals surface area contributed by atoms with E-state index >= 15 is 0 Å². The molecule has 1 atom stereocenters. The van der Waals surface area contributed by atoms with E-state index in [1.807, 2.05) is 7.05 Å². The second kappa shape index (κ2) is 7.96. The standard InChI is InChI=1S/C18H21N3O4/c1-21-7-9-24-15(12-21)11-19-17(22)13-4-2-5-14(10-13)20-18(23)16-6-3-8-25-16/h2-6,8,10,15H,7,9,11-12H2,1H3,(H,19,22)(H,20,23). The molecule has 2 heterocycles. The maximum absolute atomic E-state index is 12.3. The number of hydrogen-bond donors (Lipinski definition) is 2. The van der Waals surface area contributed by atoms with E-state index in [4.69, 9.17) is 9.15 Å². The SMILES string of the molecule is CN1CCOC(CNC(=O)c2cccc(NC(=O)c3ccco3)c2)C1. The molecule has 0 bridgehead atoms. The Bertz CT molecular complexity index is 730. The Kier molecular flexibility index (Phi) is 5.47. The van der Waals surface area contributed by atoms with Crippen molar-refractivity contribution in [3.63, 3.8) is 0 Å². The summed E-state index contributed by atoms with van der Waals surface area (Å²) in [6.07, 6.45) is 1.42. The molecule has 2 N–H and O–H groups in total. The van der Waals surface area contributed by atoms with E-state index in [-0.39, 0.29) is 23.7 Å². The lowest BCUT2D eigenvalue weighted by molar-refractivity contribution is -0.0175. The smallest absolute Gasteiger partial charge is 0.291 e. The molecule has 1 aliphatic heterocycles. The lowest BCUT2D eigenvalue weighted by atomic mass is 10.1. The van der Waals surface area contributed by atoms with Crippen LogP contribution in [0.15, 0.2) is 47.1 Å². The molecule has 2 aromatic rings. The number of hydrogen-bond acceptors (Lipinski definition) is 5. The molecule has 132 valence electrons. The van der Waals surface area contributed by atoms with Gasteiger partial charge in [-0.1, -0.05) is 6.07 Å². The average Bonchev–Trinajstić information content (AvgIpc) is 3.15. The third kappa shape index (κ3) is 4.68. The van der Waals surface area contributed by atoms with Crippen molar-refractivity contribution < 1.29 is 18.7 Å². The minimum atomic E-state index is -0.360. The van der Waals surface area contributed by atoms with Crippen molar-refractivity contribution in [2.75, 3.05) is 38.6 Å². The van der Waals surface area contributed by atoms with Gasteiger partial charge in [0.1, 0.15) is 0 Å². The molecule has 0 radical (unpaired) electrons. The molecular weight excluding hydrogens is 322 g/mol. The fourth-order valence-electron chi connectivity index (χ4n) is 2.64. The van der Waals surface area contributed by atoms with Crippen LogP contribution in [0, 0.1) is 0 Å². The van der Waals surface area contributed by atoms with Gasteiger partial charge in [-0.3, -0.25) is 9.59 Å². The van der Waals surface area contributed by atoms with Crippen LogP contribution in [-0.4, -0.2) is 56.1 Å². The quantitative estimate of drug-likeness (QED) is 0.861. The number of ether oxygens (including phenoxy) is 1. The minimum absolute atomic E-state index is 0.00969. The van der Waals surface area contributed by atoms with Crippen molar-refractivity contribution in [2.45, 2.75) is 6.10 Å². The molecule has 7 nitrogen and oxygen atoms in total. The van der Waals surface area contributed by atoms with Crippen LogP contribution in [-0.2, 0) is 4.74 Å². The molecule has 0 spiro atoms. The van der Waals surface area contributed by atoms with Crippen LogP contribution in [0.5, 0.6) is 0 Å². The molecule has 1 saturated heterocycles. The van der Waals surface area contributed by atoms with Gasteiger partial charge in [0.05, 0.1) is 19.0 Å². The number of likely N-dealkylation sites (N-methyl/N-ethyl adjacent to an activating group) is 1. The molecule has 2 amide bonds. The Balaban J connectivity index is 1.56. The number of amides is 2. The van der Waals surface area contributed by atoms with E-state index in [0.29, 0.717) is 24.4 Å². The Morgan fingerprint density at radius 2 is 2.12 bits per heavy atom. The van der Waals surface area contributed by atoms with E-state index < -0.39 is 0 Å². The van der Waals surface area contributed by atoms with Gasteiger partial charge in [-0.25, -0.2) is 0 Å². The summed E-state index contributed by atoms with van der Waals surface area (Å²) in [6.45, 7) is 2.82. The number of morpholine rings is 1. The Morgan fingerprint density at radius 1 is 1.24 bits per heavy atom. The van der Waals surface area contributed by atoms with E-state index in [2.05, 4.69) is 15.5 Å². The molecule has 1 aromatic heterocycles. The lowest BCUT2D eigenvalue weighted by Crippen LogP contribution is -2.45. The monoisotopic (exact) mass is 343 g/mol. The van der Waals surface area contributed by atoms with Crippen molar-refractivity contribution in [2.24, 2.45) is 0 Å². The predicted molar refractivity (Wildman–Crippen MR) is 92.7 cm³/mol. The molecule has 25 heavy (non-hydrogen) atoms. The van der Waals surface area contributed by atoms with Crippen LogP contribution in [0.2, 0.25) is 0 Å². The predicted octanol–water partition coefficient (Wildman–Crippen LogP) is 1.59. The molecule has 1 aromatic carbocycles. The van der Waals surface area contributed by atoms with Gasteiger partial charge in [0.25, 0.3) is 11.8 Å². The van der Waals surface area contributed by atoms with Crippen LogP contribution < -0.4 is 10.6 Å². The van der Waals surface area contributed by atoms with Crippen LogP contribution in [0.25, 0.3) is 0 Å².